The molecule has 2 amide bonds. The molecule has 0 aliphatic rings. The molecule has 0 saturated carbocycles. The number of nitrogens with zero attached hydrogens (tertiary/aromatic N) is 5. The SMILES string of the molecule is CC(NC(=O)c1ncnc2[nH]ccc12)c1ncc(C(=O)Nc2cc(C(C)(C)C)ncn2)s1. The summed E-state index contributed by atoms with van der Waals surface area (Å²) in [6, 6.07) is 3.09. The van der Waals surface area contributed by atoms with Crippen molar-refractivity contribution < 1.29 is 9.59 Å². The number of carbonyl (C=O) groups is 2. The predicted octanol–water partition coefficient (Wildman–Crippen LogP) is 3.25. The van der Waals surface area contributed by atoms with Crippen molar-refractivity contribution in [2.45, 2.75) is 39.2 Å². The Kier molecular flexibility index (Phi) is 5.66. The number of hydrogen-bond donors (Lipinski definition) is 3. The Morgan fingerprint density at radius 2 is 1.84 bits per heavy atom. The monoisotopic (exact) mass is 450 g/mol. The number of rotatable bonds is 5. The lowest BCUT2D eigenvalue weighted by molar-refractivity contribution is 0.0936. The van der Waals surface area contributed by atoms with Crippen molar-refractivity contribution in [3.8, 4) is 0 Å². The molecule has 3 N–H and O–H groups in total. The number of H-pyrrole nitrogens is 1. The zero-order chi connectivity index (χ0) is 22.9. The van der Waals surface area contributed by atoms with Crippen LogP contribution in [0.4, 0.5) is 5.82 Å². The lowest BCUT2D eigenvalue weighted by Gasteiger charge is -2.17. The van der Waals surface area contributed by atoms with Gasteiger partial charge in [0, 0.05) is 17.7 Å². The van der Waals surface area contributed by atoms with Crippen LogP contribution < -0.4 is 10.6 Å². The summed E-state index contributed by atoms with van der Waals surface area (Å²) in [6.45, 7) is 7.91. The standard InChI is InChI=1S/C21H22N8O2S/c1-11(28-19(31)16-12-5-6-22-17(12)27-10-26-16)20-23-8-13(32-20)18(30)29-15-7-14(21(2,3)4)24-9-25-15/h5-11H,1-4H3,(H,28,31)(H,22,26,27)(H,24,25,29,30). The second-order valence-corrected chi connectivity index (χ2v) is 9.27. The summed E-state index contributed by atoms with van der Waals surface area (Å²) in [7, 11) is 0. The number of anilines is 1. The van der Waals surface area contributed by atoms with Crippen LogP contribution in [-0.2, 0) is 5.41 Å². The molecule has 32 heavy (non-hydrogen) atoms. The van der Waals surface area contributed by atoms with Crippen LogP contribution >= 0.6 is 11.3 Å². The number of aromatic nitrogens is 6. The number of fused-ring (bicyclic) bond motifs is 1. The van der Waals surface area contributed by atoms with Gasteiger partial charge in [0.15, 0.2) is 0 Å². The average Bonchev–Trinajstić information content (AvgIpc) is 3.43. The average molecular weight is 451 g/mol. The molecule has 0 radical (unpaired) electrons. The molecular weight excluding hydrogens is 428 g/mol. The summed E-state index contributed by atoms with van der Waals surface area (Å²) < 4.78 is 0. The van der Waals surface area contributed by atoms with Crippen molar-refractivity contribution in [3.63, 3.8) is 0 Å². The Morgan fingerprint density at radius 3 is 2.62 bits per heavy atom. The summed E-state index contributed by atoms with van der Waals surface area (Å²) in [5.41, 5.74) is 1.52. The molecule has 10 nitrogen and oxygen atoms in total. The first-order valence-corrected chi connectivity index (χ1v) is 10.7. The van der Waals surface area contributed by atoms with Gasteiger partial charge in [-0.2, -0.15) is 0 Å². The molecule has 1 atom stereocenters. The lowest BCUT2D eigenvalue weighted by Crippen LogP contribution is -2.27. The molecule has 0 aliphatic heterocycles. The Labute approximate surface area is 188 Å². The second-order valence-electron chi connectivity index (χ2n) is 8.21. The molecule has 0 spiro atoms. The van der Waals surface area contributed by atoms with E-state index in [0.717, 1.165) is 5.69 Å². The van der Waals surface area contributed by atoms with Crippen molar-refractivity contribution in [3.05, 3.63) is 58.5 Å². The van der Waals surface area contributed by atoms with Gasteiger partial charge in [0.25, 0.3) is 11.8 Å². The predicted molar refractivity (Wildman–Crippen MR) is 121 cm³/mol. The first-order valence-electron chi connectivity index (χ1n) is 9.91. The molecular formula is C21H22N8O2S. The fourth-order valence-corrected chi connectivity index (χ4v) is 3.80. The van der Waals surface area contributed by atoms with Gasteiger partial charge in [-0.1, -0.05) is 20.8 Å². The van der Waals surface area contributed by atoms with E-state index in [1.165, 1.54) is 30.2 Å². The smallest absolute Gasteiger partial charge is 0.271 e. The molecule has 11 heteroatoms. The normalized spacial score (nSPS) is 12.5. The van der Waals surface area contributed by atoms with Crippen molar-refractivity contribution in [1.29, 1.82) is 0 Å². The van der Waals surface area contributed by atoms with Crippen molar-refractivity contribution >= 4 is 40.0 Å². The van der Waals surface area contributed by atoms with E-state index < -0.39 is 6.04 Å². The third-order valence-electron chi connectivity index (χ3n) is 4.71. The number of hydrogen-bond acceptors (Lipinski definition) is 8. The van der Waals surface area contributed by atoms with Gasteiger partial charge in [0.1, 0.15) is 39.7 Å². The summed E-state index contributed by atoms with van der Waals surface area (Å²) >= 11 is 1.20. The van der Waals surface area contributed by atoms with E-state index in [1.54, 1.807) is 25.3 Å². The Hall–Kier alpha value is -3.73. The molecule has 0 bridgehead atoms. The van der Waals surface area contributed by atoms with Crippen LogP contribution in [0.3, 0.4) is 0 Å². The minimum absolute atomic E-state index is 0.163. The summed E-state index contributed by atoms with van der Waals surface area (Å²) in [5, 5.41) is 6.89. The first kappa shape index (κ1) is 21.5. The van der Waals surface area contributed by atoms with E-state index in [1.807, 2.05) is 20.8 Å². The zero-order valence-corrected chi connectivity index (χ0v) is 18.8. The molecule has 4 aromatic rings. The molecule has 4 heterocycles. The molecule has 1 unspecified atom stereocenters. The van der Waals surface area contributed by atoms with Gasteiger partial charge in [-0.05, 0) is 13.0 Å². The van der Waals surface area contributed by atoms with E-state index in [-0.39, 0.29) is 22.9 Å². The van der Waals surface area contributed by atoms with E-state index in [0.29, 0.717) is 26.7 Å². The molecule has 0 saturated heterocycles. The highest BCUT2D eigenvalue weighted by Gasteiger charge is 2.21. The Morgan fingerprint density at radius 1 is 1.06 bits per heavy atom. The van der Waals surface area contributed by atoms with Gasteiger partial charge < -0.3 is 15.6 Å². The van der Waals surface area contributed by atoms with Crippen LogP contribution in [0, 0.1) is 0 Å². The maximum absolute atomic E-state index is 12.7. The molecule has 0 fully saturated rings. The van der Waals surface area contributed by atoms with E-state index in [4.69, 9.17) is 0 Å². The van der Waals surface area contributed by atoms with Crippen LogP contribution in [0.5, 0.6) is 0 Å². The number of nitrogens with one attached hydrogen (secondary N) is 3. The van der Waals surface area contributed by atoms with Gasteiger partial charge in [-0.15, -0.1) is 11.3 Å². The fraction of sp³-hybridized carbons (Fsp3) is 0.286. The Balaban J connectivity index is 1.44. The third kappa shape index (κ3) is 4.47. The molecule has 0 aromatic carbocycles. The van der Waals surface area contributed by atoms with Gasteiger partial charge in [-0.25, -0.2) is 24.9 Å². The topological polar surface area (TPSA) is 138 Å². The van der Waals surface area contributed by atoms with Crippen LogP contribution in [0.1, 0.15) is 64.6 Å². The van der Waals surface area contributed by atoms with E-state index >= 15 is 0 Å². The number of aromatic amines is 1. The van der Waals surface area contributed by atoms with Gasteiger partial charge >= 0.3 is 0 Å². The molecule has 4 rings (SSSR count). The number of carbonyl (C=O) groups excluding carboxylic acids is 2. The van der Waals surface area contributed by atoms with Gasteiger partial charge in [0.05, 0.1) is 23.3 Å². The first-order chi connectivity index (χ1) is 15.2. The van der Waals surface area contributed by atoms with Crippen LogP contribution in [0.2, 0.25) is 0 Å². The van der Waals surface area contributed by atoms with Crippen LogP contribution in [0.15, 0.2) is 37.2 Å². The summed E-state index contributed by atoms with van der Waals surface area (Å²) in [4.78, 5) is 49.6. The molecule has 0 aliphatic carbocycles. The van der Waals surface area contributed by atoms with Gasteiger partial charge in [-0.3, -0.25) is 9.59 Å². The van der Waals surface area contributed by atoms with Crippen molar-refractivity contribution in [2.75, 3.05) is 5.32 Å². The highest BCUT2D eigenvalue weighted by Crippen LogP contribution is 2.24. The number of thiazole rings is 1. The van der Waals surface area contributed by atoms with Crippen molar-refractivity contribution in [2.24, 2.45) is 0 Å². The summed E-state index contributed by atoms with van der Waals surface area (Å²) in [5.74, 6) is -0.248. The van der Waals surface area contributed by atoms with E-state index in [9.17, 15) is 9.59 Å². The highest BCUT2D eigenvalue weighted by molar-refractivity contribution is 7.13. The quantitative estimate of drug-likeness (QED) is 0.424. The largest absolute Gasteiger partial charge is 0.346 e. The molecule has 4 aromatic heterocycles. The lowest BCUT2D eigenvalue weighted by atomic mass is 9.92. The zero-order valence-electron chi connectivity index (χ0n) is 18.0. The second kappa shape index (κ2) is 8.42. The maximum Gasteiger partial charge on any atom is 0.271 e. The third-order valence-corrected chi connectivity index (χ3v) is 5.89. The highest BCUT2D eigenvalue weighted by atomic mass is 32.1. The minimum Gasteiger partial charge on any atom is -0.346 e. The number of amides is 2. The van der Waals surface area contributed by atoms with Crippen LogP contribution in [0.25, 0.3) is 11.0 Å². The maximum atomic E-state index is 12.7. The van der Waals surface area contributed by atoms with E-state index in [2.05, 4.69) is 40.5 Å². The van der Waals surface area contributed by atoms with Crippen LogP contribution in [-0.4, -0.2) is 41.7 Å². The summed E-state index contributed by atoms with van der Waals surface area (Å²) in [6.07, 6.45) is 5.95. The Bertz CT molecular complexity index is 1290. The minimum atomic E-state index is -0.412. The molecule has 164 valence electrons. The van der Waals surface area contributed by atoms with Crippen molar-refractivity contribution in [1.82, 2.24) is 35.2 Å². The van der Waals surface area contributed by atoms with Gasteiger partial charge in [0.2, 0.25) is 0 Å². The fourth-order valence-electron chi connectivity index (χ4n) is 2.99.